The van der Waals surface area contributed by atoms with Crippen LogP contribution in [0.3, 0.4) is 0 Å². The van der Waals surface area contributed by atoms with Crippen LogP contribution in [0.4, 0.5) is 0 Å². The van der Waals surface area contributed by atoms with Crippen molar-refractivity contribution in [3.63, 3.8) is 0 Å². The van der Waals surface area contributed by atoms with Crippen molar-refractivity contribution in [1.82, 2.24) is 10.2 Å². The molecule has 1 aromatic heterocycles. The van der Waals surface area contributed by atoms with Crippen molar-refractivity contribution in [3.05, 3.63) is 21.9 Å². The van der Waals surface area contributed by atoms with Crippen LogP contribution in [0.5, 0.6) is 0 Å². The zero-order valence-corrected chi connectivity index (χ0v) is 12.6. The maximum Gasteiger partial charge on any atom is 0.0363 e. The average molecular weight is 286 g/mol. The lowest BCUT2D eigenvalue weighted by molar-refractivity contribution is 0.294. The normalized spacial score (nSPS) is 18.3. The summed E-state index contributed by atoms with van der Waals surface area (Å²) in [5, 5.41) is 3.43. The fourth-order valence-electron chi connectivity index (χ4n) is 2.04. The van der Waals surface area contributed by atoms with Gasteiger partial charge in [-0.1, -0.05) is 6.92 Å². The summed E-state index contributed by atoms with van der Waals surface area (Å²) in [6.45, 7) is 7.25. The summed E-state index contributed by atoms with van der Waals surface area (Å²) >= 11 is 1.90. The lowest BCUT2D eigenvalue weighted by atomic mass is 10.3. The highest BCUT2D eigenvalue weighted by atomic mass is 32.2. The van der Waals surface area contributed by atoms with Crippen LogP contribution in [0, 0.1) is 0 Å². The Kier molecular flexibility index (Phi) is 5.82. The molecule has 0 aromatic carbocycles. The maximum atomic E-state index is 11.3. The Morgan fingerprint density at radius 3 is 2.78 bits per heavy atom. The van der Waals surface area contributed by atoms with Crippen molar-refractivity contribution in [2.45, 2.75) is 26.4 Å². The predicted octanol–water partition coefficient (Wildman–Crippen LogP) is 1.81. The molecule has 0 amide bonds. The molecule has 18 heavy (non-hydrogen) atoms. The van der Waals surface area contributed by atoms with Crippen LogP contribution >= 0.6 is 11.3 Å². The van der Waals surface area contributed by atoms with Crippen molar-refractivity contribution in [2.75, 3.05) is 31.1 Å². The Hall–Kier alpha value is -0.230. The van der Waals surface area contributed by atoms with Crippen LogP contribution in [0.2, 0.25) is 0 Å². The first-order valence-electron chi connectivity index (χ1n) is 6.63. The molecule has 1 aromatic rings. The van der Waals surface area contributed by atoms with E-state index in [4.69, 9.17) is 0 Å². The van der Waals surface area contributed by atoms with Gasteiger partial charge in [0.25, 0.3) is 0 Å². The van der Waals surface area contributed by atoms with E-state index in [2.05, 4.69) is 29.3 Å². The number of hydrogen-bond donors (Lipinski definition) is 1. The molecule has 0 atom stereocenters. The molecule has 0 spiro atoms. The molecule has 0 bridgehead atoms. The number of thiophene rings is 1. The van der Waals surface area contributed by atoms with Crippen LogP contribution in [-0.4, -0.2) is 40.2 Å². The van der Waals surface area contributed by atoms with Crippen LogP contribution in [0.15, 0.2) is 12.1 Å². The van der Waals surface area contributed by atoms with Gasteiger partial charge in [-0.3, -0.25) is 9.11 Å². The molecule has 1 saturated heterocycles. The predicted molar refractivity (Wildman–Crippen MR) is 79.5 cm³/mol. The van der Waals surface area contributed by atoms with Crippen molar-refractivity contribution < 1.29 is 4.21 Å². The van der Waals surface area contributed by atoms with Gasteiger partial charge >= 0.3 is 0 Å². The molecule has 0 unspecified atom stereocenters. The van der Waals surface area contributed by atoms with E-state index in [9.17, 15) is 4.21 Å². The van der Waals surface area contributed by atoms with Gasteiger partial charge in [0.1, 0.15) is 0 Å². The first-order valence-corrected chi connectivity index (χ1v) is 8.94. The van der Waals surface area contributed by atoms with Gasteiger partial charge in [-0.25, -0.2) is 0 Å². The van der Waals surface area contributed by atoms with E-state index in [0.717, 1.165) is 44.2 Å². The molecule has 102 valence electrons. The summed E-state index contributed by atoms with van der Waals surface area (Å²) in [4.78, 5) is 5.26. The third kappa shape index (κ3) is 4.46. The van der Waals surface area contributed by atoms with E-state index in [-0.39, 0.29) is 0 Å². The first-order chi connectivity index (χ1) is 8.78. The summed E-state index contributed by atoms with van der Waals surface area (Å²) in [6, 6.07) is 4.46. The van der Waals surface area contributed by atoms with Gasteiger partial charge in [0.05, 0.1) is 0 Å². The van der Waals surface area contributed by atoms with Gasteiger partial charge in [-0.2, -0.15) is 0 Å². The van der Waals surface area contributed by atoms with Crippen LogP contribution in [0.1, 0.15) is 23.1 Å². The summed E-state index contributed by atoms with van der Waals surface area (Å²) in [5.41, 5.74) is 0. The highest BCUT2D eigenvalue weighted by molar-refractivity contribution is 7.85. The summed E-state index contributed by atoms with van der Waals surface area (Å²) in [5.74, 6) is 1.69. The van der Waals surface area contributed by atoms with Crippen LogP contribution < -0.4 is 5.32 Å². The minimum absolute atomic E-state index is 0.567. The SMILES string of the molecule is CCCNCc1ccc(CN2CCS(=O)CC2)s1. The molecular weight excluding hydrogens is 264 g/mol. The highest BCUT2D eigenvalue weighted by Crippen LogP contribution is 2.19. The fourth-order valence-corrected chi connectivity index (χ4v) is 4.20. The minimum Gasteiger partial charge on any atom is -0.312 e. The first kappa shape index (κ1) is 14.2. The Labute approximate surface area is 116 Å². The Morgan fingerprint density at radius 2 is 2.06 bits per heavy atom. The number of nitrogens with zero attached hydrogens (tertiary/aromatic N) is 1. The molecule has 1 N–H and O–H groups in total. The van der Waals surface area contributed by atoms with E-state index in [0.29, 0.717) is 0 Å². The summed E-state index contributed by atoms with van der Waals surface area (Å²) in [6.07, 6.45) is 1.18. The largest absolute Gasteiger partial charge is 0.312 e. The molecule has 0 radical (unpaired) electrons. The minimum atomic E-state index is -0.567. The molecule has 2 heterocycles. The van der Waals surface area contributed by atoms with Crippen molar-refractivity contribution in [2.24, 2.45) is 0 Å². The third-order valence-corrected chi connectivity index (χ3v) is 5.44. The topological polar surface area (TPSA) is 32.3 Å². The second-order valence-electron chi connectivity index (χ2n) is 4.67. The Balaban J connectivity index is 1.77. The van der Waals surface area contributed by atoms with Crippen molar-refractivity contribution in [3.8, 4) is 0 Å². The van der Waals surface area contributed by atoms with Gasteiger partial charge in [0.2, 0.25) is 0 Å². The average Bonchev–Trinajstić information content (AvgIpc) is 2.80. The van der Waals surface area contributed by atoms with E-state index < -0.39 is 10.8 Å². The fraction of sp³-hybridized carbons (Fsp3) is 0.692. The molecule has 0 saturated carbocycles. The van der Waals surface area contributed by atoms with Crippen molar-refractivity contribution in [1.29, 1.82) is 0 Å². The summed E-state index contributed by atoms with van der Waals surface area (Å²) in [7, 11) is -0.567. The maximum absolute atomic E-state index is 11.3. The van der Waals surface area contributed by atoms with E-state index in [1.165, 1.54) is 16.2 Å². The van der Waals surface area contributed by atoms with E-state index in [1.54, 1.807) is 0 Å². The van der Waals surface area contributed by atoms with Gasteiger partial charge in [-0.05, 0) is 25.1 Å². The smallest absolute Gasteiger partial charge is 0.0363 e. The standard InChI is InChI=1S/C13H22N2OS2/c1-2-5-14-10-12-3-4-13(17-12)11-15-6-8-18(16)9-7-15/h3-4,14H,2,5-11H2,1H3. The van der Waals surface area contributed by atoms with Crippen LogP contribution in [0.25, 0.3) is 0 Å². The van der Waals surface area contributed by atoms with Gasteiger partial charge < -0.3 is 5.32 Å². The third-order valence-electron chi connectivity index (χ3n) is 3.09. The second-order valence-corrected chi connectivity index (χ2v) is 7.62. The zero-order chi connectivity index (χ0) is 12.8. The molecule has 3 nitrogen and oxygen atoms in total. The molecular formula is C13H22N2OS2. The molecule has 1 aliphatic rings. The zero-order valence-electron chi connectivity index (χ0n) is 11.0. The number of nitrogens with one attached hydrogen (secondary N) is 1. The van der Waals surface area contributed by atoms with Crippen LogP contribution in [-0.2, 0) is 23.9 Å². The molecule has 0 aliphatic carbocycles. The Bertz CT molecular complexity index is 382. The second kappa shape index (κ2) is 7.38. The van der Waals surface area contributed by atoms with Gasteiger partial charge in [0, 0.05) is 58.2 Å². The molecule has 5 heteroatoms. The lowest BCUT2D eigenvalue weighted by Crippen LogP contribution is -2.36. The Morgan fingerprint density at radius 1 is 1.33 bits per heavy atom. The van der Waals surface area contributed by atoms with Crippen molar-refractivity contribution >= 4 is 22.1 Å². The van der Waals surface area contributed by atoms with Gasteiger partial charge in [-0.15, -0.1) is 11.3 Å². The summed E-state index contributed by atoms with van der Waals surface area (Å²) < 4.78 is 11.3. The monoisotopic (exact) mass is 286 g/mol. The highest BCUT2D eigenvalue weighted by Gasteiger charge is 2.15. The van der Waals surface area contributed by atoms with E-state index >= 15 is 0 Å². The quantitative estimate of drug-likeness (QED) is 0.810. The molecule has 1 fully saturated rings. The van der Waals surface area contributed by atoms with Gasteiger partial charge in [0.15, 0.2) is 0 Å². The molecule has 1 aliphatic heterocycles. The number of rotatable bonds is 6. The lowest BCUT2D eigenvalue weighted by Gasteiger charge is -2.25. The molecule has 2 rings (SSSR count). The van der Waals surface area contributed by atoms with E-state index in [1.807, 2.05) is 11.3 Å². The number of hydrogen-bond acceptors (Lipinski definition) is 4.